The van der Waals surface area contributed by atoms with E-state index in [0.29, 0.717) is 0 Å². The molecule has 0 aliphatic rings. The Morgan fingerprint density at radius 2 is 1.95 bits per heavy atom. The van der Waals surface area contributed by atoms with Gasteiger partial charge in [0.25, 0.3) is 0 Å². The maximum absolute atomic E-state index is 4.00. The van der Waals surface area contributed by atoms with Gasteiger partial charge < -0.3 is 0 Å². The molecule has 0 aliphatic carbocycles. The van der Waals surface area contributed by atoms with E-state index in [2.05, 4.69) is 65.4 Å². The molecule has 1 atom stereocenters. The summed E-state index contributed by atoms with van der Waals surface area (Å²) in [6.45, 7) is 10.3. The fraction of sp³-hybridized carbons (Fsp3) is 0.176. The van der Waals surface area contributed by atoms with E-state index in [1.807, 2.05) is 6.92 Å². The van der Waals surface area contributed by atoms with Gasteiger partial charge in [-0.05, 0) is 53.6 Å². The van der Waals surface area contributed by atoms with Crippen LogP contribution in [0.15, 0.2) is 52.5 Å². The first-order valence-electron chi connectivity index (χ1n) is 6.43. The topological polar surface area (TPSA) is 0 Å². The molecular formula is C17H19PS2. The molecule has 0 aliphatic heterocycles. The van der Waals surface area contributed by atoms with E-state index in [0.717, 1.165) is 4.91 Å². The molecule has 2 aromatic rings. The highest BCUT2D eigenvalue weighted by Crippen LogP contribution is 2.41. The van der Waals surface area contributed by atoms with Crippen molar-refractivity contribution in [3.63, 3.8) is 0 Å². The number of benzene rings is 1. The van der Waals surface area contributed by atoms with Crippen molar-refractivity contribution in [1.82, 2.24) is 0 Å². The lowest BCUT2D eigenvalue weighted by molar-refractivity contribution is 1.47. The largest absolute Gasteiger partial charge is 0.143 e. The van der Waals surface area contributed by atoms with Crippen molar-refractivity contribution in [3.05, 3.63) is 63.0 Å². The molecule has 0 bridgehead atoms. The van der Waals surface area contributed by atoms with Crippen LogP contribution in [0.4, 0.5) is 0 Å². The van der Waals surface area contributed by atoms with Crippen molar-refractivity contribution in [2.75, 3.05) is 0 Å². The molecule has 1 unspecified atom stereocenters. The minimum Gasteiger partial charge on any atom is -0.143 e. The van der Waals surface area contributed by atoms with Gasteiger partial charge in [0.1, 0.15) is 0 Å². The number of rotatable bonds is 4. The average Bonchev–Trinajstić information content (AvgIpc) is 2.84. The molecule has 0 nitrogen and oxygen atoms in total. The van der Waals surface area contributed by atoms with Crippen LogP contribution >= 0.6 is 32.3 Å². The third-order valence-electron chi connectivity index (χ3n) is 2.81. The Morgan fingerprint density at radius 1 is 1.20 bits per heavy atom. The Bertz CT molecular complexity index is 661. The van der Waals surface area contributed by atoms with Gasteiger partial charge in [-0.1, -0.05) is 48.2 Å². The van der Waals surface area contributed by atoms with Gasteiger partial charge in [-0.3, -0.25) is 0 Å². The molecule has 0 N–H and O–H groups in total. The molecule has 20 heavy (non-hydrogen) atoms. The lowest BCUT2D eigenvalue weighted by Gasteiger charge is -2.06. The summed E-state index contributed by atoms with van der Waals surface area (Å²) >= 11 is 3.54. The molecule has 0 spiro atoms. The Labute approximate surface area is 132 Å². The zero-order valence-electron chi connectivity index (χ0n) is 12.1. The SMILES string of the molecule is C=C(C)S/C(=C(\C)P)c1cc(-c2cccc(C)c2)cs1. The lowest BCUT2D eigenvalue weighted by atomic mass is 10.1. The van der Waals surface area contributed by atoms with Crippen molar-refractivity contribution in [1.29, 1.82) is 0 Å². The fourth-order valence-electron chi connectivity index (χ4n) is 1.93. The van der Waals surface area contributed by atoms with Crippen LogP contribution in [0.1, 0.15) is 24.3 Å². The first-order chi connectivity index (χ1) is 9.47. The second-order valence-corrected chi connectivity index (χ2v) is 7.97. The normalized spacial score (nSPS) is 12.2. The number of hydrogen-bond donors (Lipinski definition) is 0. The Morgan fingerprint density at radius 3 is 2.55 bits per heavy atom. The van der Waals surface area contributed by atoms with Gasteiger partial charge in [-0.2, -0.15) is 0 Å². The number of thiophene rings is 1. The summed E-state index contributed by atoms with van der Waals surface area (Å²) in [4.78, 5) is 3.72. The van der Waals surface area contributed by atoms with Gasteiger partial charge in [0.15, 0.2) is 0 Å². The van der Waals surface area contributed by atoms with E-state index >= 15 is 0 Å². The van der Waals surface area contributed by atoms with Crippen LogP contribution < -0.4 is 0 Å². The third-order valence-corrected chi connectivity index (χ3v) is 5.48. The standard InChI is InChI=1S/C17H19PS2/c1-11(2)20-17(13(4)18)16-9-15(10-19-16)14-7-5-6-12(3)8-14/h5-10H,1,18H2,2-4H3/b17-13+. The summed E-state index contributed by atoms with van der Waals surface area (Å²) in [5.74, 6) is 0. The van der Waals surface area contributed by atoms with E-state index in [-0.39, 0.29) is 0 Å². The quantitative estimate of drug-likeness (QED) is 0.576. The molecule has 0 amide bonds. The minimum absolute atomic E-state index is 1.12. The number of allylic oxidation sites excluding steroid dienone is 2. The Kier molecular flexibility index (Phi) is 5.26. The zero-order valence-corrected chi connectivity index (χ0v) is 14.9. The fourth-order valence-corrected chi connectivity index (χ4v) is 4.23. The Balaban J connectivity index is 2.37. The molecule has 0 radical (unpaired) electrons. The van der Waals surface area contributed by atoms with Crippen LogP contribution in [0.5, 0.6) is 0 Å². The number of aryl methyl sites for hydroxylation is 1. The van der Waals surface area contributed by atoms with Crippen LogP contribution in [-0.2, 0) is 0 Å². The monoisotopic (exact) mass is 318 g/mol. The van der Waals surface area contributed by atoms with Gasteiger partial charge in [0, 0.05) is 9.78 Å². The average molecular weight is 318 g/mol. The highest BCUT2D eigenvalue weighted by Gasteiger charge is 2.10. The molecule has 1 heterocycles. The van der Waals surface area contributed by atoms with Crippen molar-refractivity contribution >= 4 is 37.2 Å². The van der Waals surface area contributed by atoms with Gasteiger partial charge >= 0.3 is 0 Å². The highest BCUT2D eigenvalue weighted by atomic mass is 32.2. The summed E-state index contributed by atoms with van der Waals surface area (Å²) in [6, 6.07) is 10.9. The van der Waals surface area contributed by atoms with Crippen molar-refractivity contribution in [2.24, 2.45) is 0 Å². The van der Waals surface area contributed by atoms with E-state index in [4.69, 9.17) is 0 Å². The summed E-state index contributed by atoms with van der Waals surface area (Å²) in [6.07, 6.45) is 0. The molecule has 0 saturated heterocycles. The molecule has 3 heteroatoms. The zero-order chi connectivity index (χ0) is 14.7. The smallest absolute Gasteiger partial charge is 0.0419 e. The van der Waals surface area contributed by atoms with Gasteiger partial charge in [0.2, 0.25) is 0 Å². The molecule has 104 valence electrons. The molecule has 0 saturated carbocycles. The second kappa shape index (κ2) is 6.76. The highest BCUT2D eigenvalue weighted by molar-refractivity contribution is 8.12. The first kappa shape index (κ1) is 15.6. The van der Waals surface area contributed by atoms with Crippen LogP contribution in [-0.4, -0.2) is 0 Å². The molecule has 1 aromatic carbocycles. The van der Waals surface area contributed by atoms with Crippen LogP contribution in [0, 0.1) is 6.92 Å². The minimum atomic E-state index is 1.12. The third kappa shape index (κ3) is 3.85. The lowest BCUT2D eigenvalue weighted by Crippen LogP contribution is -1.78. The number of thioether (sulfide) groups is 1. The van der Waals surface area contributed by atoms with Gasteiger partial charge in [-0.25, -0.2) is 0 Å². The van der Waals surface area contributed by atoms with Crippen molar-refractivity contribution in [3.8, 4) is 11.1 Å². The maximum atomic E-state index is 4.00. The number of hydrogen-bond acceptors (Lipinski definition) is 2. The van der Waals surface area contributed by atoms with Crippen LogP contribution in [0.3, 0.4) is 0 Å². The van der Waals surface area contributed by atoms with E-state index in [9.17, 15) is 0 Å². The predicted molar refractivity (Wildman–Crippen MR) is 99.2 cm³/mol. The second-order valence-electron chi connectivity index (χ2n) is 4.89. The molecular weight excluding hydrogens is 299 g/mol. The van der Waals surface area contributed by atoms with Gasteiger partial charge in [0.05, 0.1) is 0 Å². The maximum Gasteiger partial charge on any atom is 0.0419 e. The van der Waals surface area contributed by atoms with E-state index in [1.54, 1.807) is 23.1 Å². The Hall–Kier alpha value is -0.820. The van der Waals surface area contributed by atoms with Gasteiger partial charge in [-0.15, -0.1) is 20.6 Å². The summed E-state index contributed by atoms with van der Waals surface area (Å²) in [5.41, 5.74) is 3.87. The summed E-state index contributed by atoms with van der Waals surface area (Å²) in [7, 11) is 2.81. The van der Waals surface area contributed by atoms with E-state index in [1.165, 1.54) is 31.8 Å². The van der Waals surface area contributed by atoms with E-state index < -0.39 is 0 Å². The summed E-state index contributed by atoms with van der Waals surface area (Å²) in [5, 5.41) is 3.49. The van der Waals surface area contributed by atoms with Crippen molar-refractivity contribution in [2.45, 2.75) is 20.8 Å². The molecule has 2 rings (SSSR count). The first-order valence-corrected chi connectivity index (χ1v) is 8.70. The predicted octanol–water partition coefficient (Wildman–Crippen LogP) is 6.55. The molecule has 1 aromatic heterocycles. The van der Waals surface area contributed by atoms with Crippen molar-refractivity contribution < 1.29 is 0 Å². The molecule has 0 fully saturated rings. The summed E-state index contributed by atoms with van der Waals surface area (Å²) < 4.78 is 0. The van der Waals surface area contributed by atoms with Crippen LogP contribution in [0.2, 0.25) is 0 Å². The van der Waals surface area contributed by atoms with Crippen LogP contribution in [0.25, 0.3) is 16.0 Å².